The molecule has 2 N–H and O–H groups in total. The van der Waals surface area contributed by atoms with Crippen LogP contribution in [0.2, 0.25) is 0 Å². The number of hydrogen-bond acceptors (Lipinski definition) is 3. The third-order valence-electron chi connectivity index (χ3n) is 3.35. The van der Waals surface area contributed by atoms with Gasteiger partial charge in [0.2, 0.25) is 0 Å². The van der Waals surface area contributed by atoms with E-state index in [0.29, 0.717) is 0 Å². The molecule has 0 radical (unpaired) electrons. The molecule has 108 valence electrons. The number of ether oxygens (including phenoxy) is 1. The maximum atomic E-state index is 11.8. The van der Waals surface area contributed by atoms with Crippen molar-refractivity contribution in [1.82, 2.24) is 5.32 Å². The van der Waals surface area contributed by atoms with Crippen LogP contribution < -0.4 is 5.32 Å². The summed E-state index contributed by atoms with van der Waals surface area (Å²) in [4.78, 5) is 23.3. The van der Waals surface area contributed by atoms with Crippen molar-refractivity contribution in [3.05, 3.63) is 48.6 Å². The molecular weight excluding hydrogens is 258 g/mol. The van der Waals surface area contributed by atoms with Crippen LogP contribution in [-0.2, 0) is 16.0 Å². The molecule has 1 rings (SSSR count). The van der Waals surface area contributed by atoms with E-state index in [9.17, 15) is 14.7 Å². The maximum Gasteiger partial charge on any atom is 0.407 e. The SMILES string of the molecule is C=CC(C)C(Cc1ccccc1)(NC(=O)OC)C(=O)O. The van der Waals surface area contributed by atoms with Crippen LogP contribution in [0.1, 0.15) is 12.5 Å². The number of benzene rings is 1. The van der Waals surface area contributed by atoms with Gasteiger partial charge >= 0.3 is 12.1 Å². The lowest BCUT2D eigenvalue weighted by Crippen LogP contribution is -2.59. The van der Waals surface area contributed by atoms with Crippen molar-refractivity contribution in [2.45, 2.75) is 18.9 Å². The van der Waals surface area contributed by atoms with Crippen LogP contribution in [0.5, 0.6) is 0 Å². The van der Waals surface area contributed by atoms with E-state index in [2.05, 4.69) is 16.6 Å². The van der Waals surface area contributed by atoms with E-state index >= 15 is 0 Å². The van der Waals surface area contributed by atoms with Gasteiger partial charge in [-0.05, 0) is 5.56 Å². The van der Waals surface area contributed by atoms with Crippen molar-refractivity contribution in [2.75, 3.05) is 7.11 Å². The van der Waals surface area contributed by atoms with Crippen molar-refractivity contribution in [1.29, 1.82) is 0 Å². The molecule has 0 aliphatic carbocycles. The minimum atomic E-state index is -1.49. The Kier molecular flexibility index (Phi) is 5.32. The van der Waals surface area contributed by atoms with Crippen LogP contribution in [0.3, 0.4) is 0 Å². The molecule has 5 heteroatoms. The van der Waals surface area contributed by atoms with Gasteiger partial charge in [0, 0.05) is 12.3 Å². The van der Waals surface area contributed by atoms with Gasteiger partial charge in [-0.3, -0.25) is 0 Å². The summed E-state index contributed by atoms with van der Waals surface area (Å²) in [6, 6.07) is 9.10. The number of carbonyl (C=O) groups is 2. The fourth-order valence-electron chi connectivity index (χ4n) is 2.00. The van der Waals surface area contributed by atoms with Gasteiger partial charge in [0.25, 0.3) is 0 Å². The summed E-state index contributed by atoms with van der Waals surface area (Å²) >= 11 is 0. The largest absolute Gasteiger partial charge is 0.479 e. The quantitative estimate of drug-likeness (QED) is 0.782. The minimum absolute atomic E-state index is 0.144. The molecule has 0 aliphatic heterocycles. The van der Waals surface area contributed by atoms with Crippen LogP contribution in [0, 0.1) is 5.92 Å². The lowest BCUT2D eigenvalue weighted by molar-refractivity contribution is -0.146. The number of carboxylic acid groups (broad SMARTS) is 1. The molecule has 0 saturated heterocycles. The smallest absolute Gasteiger partial charge is 0.407 e. The summed E-state index contributed by atoms with van der Waals surface area (Å²) in [5.74, 6) is -1.60. The molecule has 1 aromatic rings. The third kappa shape index (κ3) is 3.38. The molecule has 0 bridgehead atoms. The zero-order valence-corrected chi connectivity index (χ0v) is 11.6. The summed E-state index contributed by atoms with van der Waals surface area (Å²) in [6.07, 6.45) is 0.871. The first kappa shape index (κ1) is 15.8. The van der Waals surface area contributed by atoms with E-state index in [0.717, 1.165) is 5.56 Å². The second-order valence-electron chi connectivity index (χ2n) is 4.58. The zero-order chi connectivity index (χ0) is 15.2. The Morgan fingerprint density at radius 3 is 2.50 bits per heavy atom. The molecule has 0 heterocycles. The predicted octanol–water partition coefficient (Wildman–Crippen LogP) is 2.23. The lowest BCUT2D eigenvalue weighted by atomic mass is 9.80. The third-order valence-corrected chi connectivity index (χ3v) is 3.35. The van der Waals surface area contributed by atoms with Gasteiger partial charge in [-0.1, -0.05) is 43.3 Å². The molecule has 1 aromatic carbocycles. The number of alkyl carbamates (subject to hydrolysis) is 1. The van der Waals surface area contributed by atoms with Gasteiger partial charge in [0.15, 0.2) is 5.54 Å². The molecular formula is C15H19NO4. The second-order valence-corrected chi connectivity index (χ2v) is 4.58. The predicted molar refractivity (Wildman–Crippen MR) is 75.4 cm³/mol. The highest BCUT2D eigenvalue weighted by Gasteiger charge is 2.44. The van der Waals surface area contributed by atoms with Crippen LogP contribution in [-0.4, -0.2) is 29.8 Å². The van der Waals surface area contributed by atoms with Gasteiger partial charge in [-0.15, -0.1) is 6.58 Å². The van der Waals surface area contributed by atoms with Crippen LogP contribution >= 0.6 is 0 Å². The first-order valence-corrected chi connectivity index (χ1v) is 6.22. The molecule has 0 fully saturated rings. The highest BCUT2D eigenvalue weighted by molar-refractivity contribution is 5.85. The number of rotatable bonds is 6. The number of hydrogen-bond donors (Lipinski definition) is 2. The monoisotopic (exact) mass is 277 g/mol. The normalized spacial score (nSPS) is 14.7. The van der Waals surface area contributed by atoms with E-state index in [1.807, 2.05) is 30.3 Å². The van der Waals surface area contributed by atoms with Crippen LogP contribution in [0.4, 0.5) is 4.79 Å². The highest BCUT2D eigenvalue weighted by atomic mass is 16.5. The Morgan fingerprint density at radius 2 is 2.05 bits per heavy atom. The molecule has 2 unspecified atom stereocenters. The van der Waals surface area contributed by atoms with Crippen molar-refractivity contribution >= 4 is 12.1 Å². The average Bonchev–Trinajstić information content (AvgIpc) is 2.46. The van der Waals surface area contributed by atoms with E-state index in [1.54, 1.807) is 6.92 Å². The number of carbonyl (C=O) groups excluding carboxylic acids is 1. The summed E-state index contributed by atoms with van der Waals surface area (Å²) in [7, 11) is 1.20. The van der Waals surface area contributed by atoms with Gasteiger partial charge < -0.3 is 15.2 Å². The fraction of sp³-hybridized carbons (Fsp3) is 0.333. The number of nitrogens with one attached hydrogen (secondary N) is 1. The van der Waals surface area contributed by atoms with E-state index in [-0.39, 0.29) is 6.42 Å². The Hall–Kier alpha value is -2.30. The van der Waals surface area contributed by atoms with E-state index in [1.165, 1.54) is 13.2 Å². The fourth-order valence-corrected chi connectivity index (χ4v) is 2.00. The maximum absolute atomic E-state index is 11.8. The molecule has 5 nitrogen and oxygen atoms in total. The van der Waals surface area contributed by atoms with Gasteiger partial charge in [0.05, 0.1) is 7.11 Å². The zero-order valence-electron chi connectivity index (χ0n) is 11.6. The summed E-state index contributed by atoms with van der Waals surface area (Å²) in [5.41, 5.74) is -0.684. The topological polar surface area (TPSA) is 75.6 Å². The number of aliphatic carboxylic acids is 1. The molecule has 0 aliphatic rings. The Bertz CT molecular complexity index is 486. The van der Waals surface area contributed by atoms with Crippen molar-refractivity contribution in [2.24, 2.45) is 5.92 Å². The minimum Gasteiger partial charge on any atom is -0.479 e. The first-order chi connectivity index (χ1) is 9.46. The van der Waals surface area contributed by atoms with Crippen LogP contribution in [0.25, 0.3) is 0 Å². The number of methoxy groups -OCH3 is 1. The lowest BCUT2D eigenvalue weighted by Gasteiger charge is -2.34. The van der Waals surface area contributed by atoms with Gasteiger partial charge in [0.1, 0.15) is 0 Å². The Balaban J connectivity index is 3.19. The number of amides is 1. The van der Waals surface area contributed by atoms with Gasteiger partial charge in [-0.25, -0.2) is 9.59 Å². The van der Waals surface area contributed by atoms with Crippen molar-refractivity contribution < 1.29 is 19.4 Å². The molecule has 0 saturated carbocycles. The molecule has 20 heavy (non-hydrogen) atoms. The molecule has 0 aromatic heterocycles. The Labute approximate surface area is 118 Å². The standard InChI is InChI=1S/C15H19NO4/c1-4-11(2)15(13(17)18,16-14(19)20-3)10-12-8-6-5-7-9-12/h4-9,11H,1,10H2,2-3H3,(H,16,19)(H,17,18). The second kappa shape index (κ2) is 6.75. The molecule has 2 atom stereocenters. The number of carboxylic acids is 1. The summed E-state index contributed by atoms with van der Waals surface area (Å²) in [5, 5.41) is 12.1. The molecule has 1 amide bonds. The van der Waals surface area contributed by atoms with E-state index < -0.39 is 23.5 Å². The summed E-state index contributed by atoms with van der Waals surface area (Å²) < 4.78 is 4.54. The van der Waals surface area contributed by atoms with Crippen LogP contribution in [0.15, 0.2) is 43.0 Å². The van der Waals surface area contributed by atoms with E-state index in [4.69, 9.17) is 0 Å². The van der Waals surface area contributed by atoms with Gasteiger partial charge in [-0.2, -0.15) is 0 Å². The summed E-state index contributed by atoms with van der Waals surface area (Å²) in [6.45, 7) is 5.32. The Morgan fingerprint density at radius 1 is 1.45 bits per heavy atom. The van der Waals surface area contributed by atoms with Crippen molar-refractivity contribution in [3.63, 3.8) is 0 Å². The first-order valence-electron chi connectivity index (χ1n) is 6.22. The van der Waals surface area contributed by atoms with Crippen molar-refractivity contribution in [3.8, 4) is 0 Å². The average molecular weight is 277 g/mol. The highest BCUT2D eigenvalue weighted by Crippen LogP contribution is 2.24. The molecule has 0 spiro atoms.